The Morgan fingerprint density at radius 2 is 1.83 bits per heavy atom. The maximum absolute atomic E-state index is 12.6. The van der Waals surface area contributed by atoms with Crippen molar-refractivity contribution in [3.8, 4) is 5.75 Å². The summed E-state index contributed by atoms with van der Waals surface area (Å²) in [6, 6.07) is 16.5. The van der Waals surface area contributed by atoms with Crippen LogP contribution in [0.25, 0.3) is 0 Å². The zero-order valence-corrected chi connectivity index (χ0v) is 16.7. The molecule has 2 aromatic carbocycles. The molecule has 3 rings (SSSR count). The third-order valence-corrected chi connectivity index (χ3v) is 4.55. The summed E-state index contributed by atoms with van der Waals surface area (Å²) >= 11 is 0. The first-order valence-electron chi connectivity index (χ1n) is 9.59. The van der Waals surface area contributed by atoms with E-state index in [1.165, 1.54) is 0 Å². The number of carbonyl (C=O) groups is 3. The van der Waals surface area contributed by atoms with Crippen LogP contribution in [-0.2, 0) is 30.4 Å². The fourth-order valence-corrected chi connectivity index (χ4v) is 2.97. The third kappa shape index (κ3) is 5.81. The Morgan fingerprint density at radius 3 is 2.60 bits per heavy atom. The molecule has 0 bridgehead atoms. The molecule has 0 fully saturated rings. The summed E-state index contributed by atoms with van der Waals surface area (Å²) < 4.78 is 15.8. The Hall–Kier alpha value is -3.39. The Morgan fingerprint density at radius 1 is 1.10 bits per heavy atom. The number of fused-ring (bicyclic) bond motifs is 1. The number of methoxy groups -OCH3 is 1. The number of para-hydroxylation sites is 2. The van der Waals surface area contributed by atoms with Crippen LogP contribution in [0.1, 0.15) is 12.0 Å². The van der Waals surface area contributed by atoms with Crippen molar-refractivity contribution >= 4 is 23.5 Å². The molecule has 0 unspecified atom stereocenters. The summed E-state index contributed by atoms with van der Waals surface area (Å²) in [5.74, 6) is -0.972. The van der Waals surface area contributed by atoms with E-state index < -0.39 is 24.6 Å². The monoisotopic (exact) mass is 412 g/mol. The summed E-state index contributed by atoms with van der Waals surface area (Å²) in [6.07, 6.45) is -1.29. The minimum absolute atomic E-state index is 0.287. The zero-order valence-electron chi connectivity index (χ0n) is 16.7. The second-order valence-corrected chi connectivity index (χ2v) is 6.75. The van der Waals surface area contributed by atoms with E-state index in [9.17, 15) is 14.4 Å². The van der Waals surface area contributed by atoms with Gasteiger partial charge in [-0.05, 0) is 17.7 Å². The smallest absolute Gasteiger partial charge is 0.310 e. The maximum Gasteiger partial charge on any atom is 0.310 e. The van der Waals surface area contributed by atoms with Gasteiger partial charge in [-0.2, -0.15) is 0 Å². The highest BCUT2D eigenvalue weighted by Gasteiger charge is 2.30. The van der Waals surface area contributed by atoms with Crippen LogP contribution in [0.2, 0.25) is 0 Å². The number of hydrogen-bond acceptors (Lipinski definition) is 6. The molecule has 0 saturated heterocycles. The van der Waals surface area contributed by atoms with Crippen molar-refractivity contribution in [2.24, 2.45) is 0 Å². The van der Waals surface area contributed by atoms with Gasteiger partial charge in [-0.3, -0.25) is 14.4 Å². The van der Waals surface area contributed by atoms with Gasteiger partial charge < -0.3 is 24.4 Å². The van der Waals surface area contributed by atoms with Gasteiger partial charge in [0.05, 0.1) is 18.7 Å². The molecule has 1 aliphatic heterocycles. The van der Waals surface area contributed by atoms with Gasteiger partial charge >= 0.3 is 5.97 Å². The van der Waals surface area contributed by atoms with Crippen LogP contribution in [-0.4, -0.2) is 55.7 Å². The quantitative estimate of drug-likeness (QED) is 0.633. The minimum atomic E-state index is -1.00. The fourth-order valence-electron chi connectivity index (χ4n) is 2.97. The van der Waals surface area contributed by atoms with Crippen molar-refractivity contribution in [1.82, 2.24) is 4.90 Å². The van der Waals surface area contributed by atoms with E-state index in [0.29, 0.717) is 31.1 Å². The number of esters is 1. The summed E-state index contributed by atoms with van der Waals surface area (Å²) in [7, 11) is 1.55. The number of benzene rings is 2. The van der Waals surface area contributed by atoms with Gasteiger partial charge in [0.15, 0.2) is 12.7 Å². The highest BCUT2D eigenvalue weighted by Crippen LogP contribution is 2.29. The molecule has 1 aliphatic rings. The van der Waals surface area contributed by atoms with Crippen molar-refractivity contribution in [1.29, 1.82) is 0 Å². The van der Waals surface area contributed by atoms with E-state index in [2.05, 4.69) is 5.32 Å². The highest BCUT2D eigenvalue weighted by molar-refractivity contribution is 5.99. The number of hydrogen-bond donors (Lipinski definition) is 1. The Balaban J connectivity index is 1.52. The van der Waals surface area contributed by atoms with Gasteiger partial charge in [-0.25, -0.2) is 0 Å². The Kier molecular flexibility index (Phi) is 7.40. The van der Waals surface area contributed by atoms with Gasteiger partial charge in [0, 0.05) is 20.2 Å². The number of amides is 2. The molecule has 1 heterocycles. The standard InChI is InChI=1S/C22H24N2O6/c1-28-12-11-24(14-16-7-3-2-4-8-16)20(25)15-29-21(26)13-19-22(27)23-17-9-5-6-10-18(17)30-19/h2-10,19H,11-15H2,1H3,(H,23,27)/t19-/m1/s1. The maximum atomic E-state index is 12.6. The molecule has 8 heteroatoms. The second kappa shape index (κ2) is 10.4. The first kappa shape index (κ1) is 21.3. The molecular weight excluding hydrogens is 388 g/mol. The van der Waals surface area contributed by atoms with Crippen LogP contribution < -0.4 is 10.1 Å². The van der Waals surface area contributed by atoms with E-state index in [1.807, 2.05) is 30.3 Å². The molecule has 158 valence electrons. The number of carbonyl (C=O) groups excluding carboxylic acids is 3. The van der Waals surface area contributed by atoms with E-state index in [1.54, 1.807) is 36.3 Å². The average Bonchev–Trinajstić information content (AvgIpc) is 2.76. The molecule has 30 heavy (non-hydrogen) atoms. The van der Waals surface area contributed by atoms with Crippen LogP contribution >= 0.6 is 0 Å². The number of nitrogens with zero attached hydrogens (tertiary/aromatic N) is 1. The summed E-state index contributed by atoms with van der Waals surface area (Å²) in [6.45, 7) is 0.695. The molecule has 0 radical (unpaired) electrons. The predicted octanol–water partition coefficient (Wildman–Crippen LogP) is 1.99. The van der Waals surface area contributed by atoms with E-state index in [4.69, 9.17) is 14.2 Å². The molecule has 0 spiro atoms. The lowest BCUT2D eigenvalue weighted by Gasteiger charge is -2.25. The molecule has 1 atom stereocenters. The number of anilines is 1. The molecule has 1 N–H and O–H groups in total. The van der Waals surface area contributed by atoms with E-state index in [0.717, 1.165) is 5.56 Å². The first-order valence-corrected chi connectivity index (χ1v) is 9.59. The third-order valence-electron chi connectivity index (χ3n) is 4.55. The van der Waals surface area contributed by atoms with Gasteiger partial charge in [0.25, 0.3) is 11.8 Å². The molecule has 0 aliphatic carbocycles. The van der Waals surface area contributed by atoms with Crippen molar-refractivity contribution in [3.63, 3.8) is 0 Å². The lowest BCUT2D eigenvalue weighted by Crippen LogP contribution is -2.40. The number of nitrogens with one attached hydrogen (secondary N) is 1. The van der Waals surface area contributed by atoms with E-state index >= 15 is 0 Å². The lowest BCUT2D eigenvalue weighted by molar-refractivity contribution is -0.154. The van der Waals surface area contributed by atoms with Gasteiger partial charge in [-0.15, -0.1) is 0 Å². The average molecular weight is 412 g/mol. The topological polar surface area (TPSA) is 94.2 Å². The van der Waals surface area contributed by atoms with Gasteiger partial charge in [0.2, 0.25) is 0 Å². The van der Waals surface area contributed by atoms with Crippen molar-refractivity contribution in [2.75, 3.05) is 32.2 Å². The van der Waals surface area contributed by atoms with Crippen LogP contribution in [0.5, 0.6) is 5.75 Å². The first-order chi connectivity index (χ1) is 14.6. The zero-order chi connectivity index (χ0) is 21.3. The van der Waals surface area contributed by atoms with Gasteiger partial charge in [-0.1, -0.05) is 42.5 Å². The fraction of sp³-hybridized carbons (Fsp3) is 0.318. The summed E-state index contributed by atoms with van der Waals surface area (Å²) in [5.41, 5.74) is 1.51. The molecule has 2 amide bonds. The van der Waals surface area contributed by atoms with Crippen molar-refractivity contribution in [3.05, 3.63) is 60.2 Å². The van der Waals surface area contributed by atoms with Crippen LogP contribution in [0.15, 0.2) is 54.6 Å². The summed E-state index contributed by atoms with van der Waals surface area (Å²) in [5, 5.41) is 2.69. The van der Waals surface area contributed by atoms with Crippen molar-refractivity contribution in [2.45, 2.75) is 19.1 Å². The number of ether oxygens (including phenoxy) is 3. The molecule has 0 saturated carbocycles. The van der Waals surface area contributed by atoms with Crippen molar-refractivity contribution < 1.29 is 28.6 Å². The molecule has 8 nitrogen and oxygen atoms in total. The molecule has 2 aromatic rings. The predicted molar refractivity (Wildman–Crippen MR) is 109 cm³/mol. The summed E-state index contributed by atoms with van der Waals surface area (Å²) in [4.78, 5) is 38.4. The van der Waals surface area contributed by atoms with E-state index in [-0.39, 0.29) is 12.3 Å². The SMILES string of the molecule is COCCN(Cc1ccccc1)C(=O)COC(=O)C[C@H]1Oc2ccccc2NC1=O. The Bertz CT molecular complexity index is 886. The molecule has 0 aromatic heterocycles. The molecular formula is C22H24N2O6. The van der Waals surface area contributed by atoms with Gasteiger partial charge in [0.1, 0.15) is 5.75 Å². The number of rotatable bonds is 9. The van der Waals surface area contributed by atoms with Crippen LogP contribution in [0, 0.1) is 0 Å². The second-order valence-electron chi connectivity index (χ2n) is 6.75. The lowest BCUT2D eigenvalue weighted by atomic mass is 10.1. The normalized spacial score (nSPS) is 14.8. The Labute approximate surface area is 174 Å². The highest BCUT2D eigenvalue weighted by atomic mass is 16.5. The van der Waals surface area contributed by atoms with Crippen LogP contribution in [0.4, 0.5) is 5.69 Å². The van der Waals surface area contributed by atoms with Crippen LogP contribution in [0.3, 0.4) is 0 Å². The largest absolute Gasteiger partial charge is 0.478 e. The minimum Gasteiger partial charge on any atom is -0.478 e.